The van der Waals surface area contributed by atoms with E-state index < -0.39 is 23.1 Å². The van der Waals surface area contributed by atoms with Crippen molar-refractivity contribution >= 4 is 22.6 Å². The summed E-state index contributed by atoms with van der Waals surface area (Å²) in [6, 6.07) is 18.2. The molecule has 4 aliphatic rings. The average Bonchev–Trinajstić information content (AvgIpc) is 3.09. The van der Waals surface area contributed by atoms with Crippen molar-refractivity contribution in [3.05, 3.63) is 60.2 Å². The minimum absolute atomic E-state index is 0.111. The summed E-state index contributed by atoms with van der Waals surface area (Å²) in [4.78, 5) is 27.1. The molecule has 282 valence electrons. The van der Waals surface area contributed by atoms with E-state index in [1.165, 1.54) is 12.8 Å². The van der Waals surface area contributed by atoms with Crippen molar-refractivity contribution in [3.63, 3.8) is 0 Å². The molecule has 52 heavy (non-hydrogen) atoms. The monoisotopic (exact) mass is 724 g/mol. The Morgan fingerprint density at radius 3 is 2.29 bits per heavy atom. The summed E-state index contributed by atoms with van der Waals surface area (Å²) in [5.74, 6) is -3.76. The van der Waals surface area contributed by atoms with Crippen LogP contribution in [0.3, 0.4) is 0 Å². The van der Waals surface area contributed by atoms with Crippen LogP contribution in [0.15, 0.2) is 54.6 Å². The van der Waals surface area contributed by atoms with Crippen molar-refractivity contribution in [1.82, 2.24) is 20.2 Å². The fraction of sp³-hybridized carbons (Fsp3) is 0.550. The number of nitrogens with one attached hydrogen (secondary N) is 1. The number of carbonyl (C=O) groups excluding carboxylic acids is 1. The Bertz CT molecular complexity index is 1770. The maximum Gasteiger partial charge on any atom is 0.303 e. The van der Waals surface area contributed by atoms with Crippen LogP contribution in [0.4, 0.5) is 13.2 Å². The highest BCUT2D eigenvalue weighted by atomic mass is 19.3. The van der Waals surface area contributed by atoms with Gasteiger partial charge < -0.3 is 14.6 Å². The van der Waals surface area contributed by atoms with Gasteiger partial charge in [0.15, 0.2) is 0 Å². The molecule has 0 radical (unpaired) electrons. The minimum atomic E-state index is -2.74. The summed E-state index contributed by atoms with van der Waals surface area (Å²) in [6.45, 7) is 9.84. The van der Waals surface area contributed by atoms with Gasteiger partial charge in [-0.3, -0.25) is 19.4 Å². The Morgan fingerprint density at radius 2 is 1.65 bits per heavy atom. The largest absolute Gasteiger partial charge is 0.496 e. The third-order valence-corrected chi connectivity index (χ3v) is 11.1. The van der Waals surface area contributed by atoms with Crippen LogP contribution in [0.5, 0.6) is 11.5 Å². The molecule has 0 aromatic heterocycles. The lowest BCUT2D eigenvalue weighted by Crippen LogP contribution is -2.90. The lowest BCUT2D eigenvalue weighted by Gasteiger charge is -2.67. The number of hydrogen-bond donors (Lipinski definition) is 2. The molecule has 0 aliphatic carbocycles. The van der Waals surface area contributed by atoms with Gasteiger partial charge in [0.1, 0.15) is 23.5 Å². The molecule has 4 saturated heterocycles. The van der Waals surface area contributed by atoms with E-state index in [9.17, 15) is 22.8 Å². The number of carboxylic acid groups (broad SMARTS) is 1. The number of piperidine rings is 2. The zero-order valence-corrected chi connectivity index (χ0v) is 30.7. The lowest BCUT2D eigenvalue weighted by atomic mass is 9.61. The lowest BCUT2D eigenvalue weighted by molar-refractivity contribution is -0.297. The number of aryl methyl sites for hydroxylation is 1. The Balaban J connectivity index is 0.000000215. The number of rotatable bonds is 11. The number of fused-ring (bicyclic) bond motifs is 3. The van der Waals surface area contributed by atoms with Crippen LogP contribution in [-0.4, -0.2) is 103 Å². The number of methoxy groups -OCH3 is 1. The fourth-order valence-corrected chi connectivity index (χ4v) is 8.46. The number of nitrogens with zero attached hydrogens (tertiary/aromatic N) is 3. The second-order valence-corrected chi connectivity index (χ2v) is 15.6. The maximum atomic E-state index is 14.4. The fourth-order valence-electron chi connectivity index (χ4n) is 8.46. The zero-order chi connectivity index (χ0) is 37.3. The number of benzene rings is 3. The molecule has 1 unspecified atom stereocenters. The number of likely N-dealkylation sites (tertiary alicyclic amines) is 2. The molecule has 0 bridgehead atoms. The summed E-state index contributed by atoms with van der Waals surface area (Å²) < 4.78 is 52.3. The van der Waals surface area contributed by atoms with Crippen molar-refractivity contribution in [2.24, 2.45) is 10.8 Å². The van der Waals surface area contributed by atoms with Crippen molar-refractivity contribution in [2.75, 3.05) is 59.5 Å². The molecular formula is C40H51F3N4O5. The van der Waals surface area contributed by atoms with Crippen LogP contribution in [0.2, 0.25) is 0 Å². The third kappa shape index (κ3) is 7.61. The number of carbonyl (C=O) groups is 2. The summed E-state index contributed by atoms with van der Waals surface area (Å²) in [5.41, 5.74) is 5.03. The van der Waals surface area contributed by atoms with Gasteiger partial charge in [0, 0.05) is 26.4 Å². The first kappa shape index (κ1) is 37.9. The standard InChI is InChI=1S/C29H35NO4.C11H16F3N3O/c1-29(2)16-7-17-30(20-29)18-19-34-26-13-6-12-25(33-3)28(26)24-11-5-9-22-21(14-15-27(31)32)8-4-10-23(22)24;1-9(12,13)7-16-4-2-10(3-5-16)8(18)17-11(10,14)6-15-17/h4-6,8-13H,7,14-20H2,1-3H3,(H,31,32);15H,2-7H2,1H3. The first-order chi connectivity index (χ1) is 24.7. The first-order valence-electron chi connectivity index (χ1n) is 18.3. The highest BCUT2D eigenvalue weighted by Crippen LogP contribution is 2.58. The number of halogens is 3. The van der Waals surface area contributed by atoms with Crippen molar-refractivity contribution in [2.45, 2.75) is 71.0 Å². The SMILES string of the molecule is CC(F)(F)CN1CCC2(CC1)C(=O)N1NCC12F.COc1cccc(OCCN2CCCC(C)(C)C2)c1-c1cccc2c(CCC(=O)O)cccc12. The summed E-state index contributed by atoms with van der Waals surface area (Å²) >= 11 is 0. The number of ether oxygens (including phenoxy) is 2. The molecule has 12 heteroatoms. The Labute approximate surface area is 304 Å². The van der Waals surface area contributed by atoms with E-state index in [2.05, 4.69) is 42.4 Å². The average molecular weight is 725 g/mol. The second-order valence-electron chi connectivity index (χ2n) is 15.6. The number of hydrogen-bond acceptors (Lipinski definition) is 7. The van der Waals surface area contributed by atoms with Crippen LogP contribution in [0, 0.1) is 10.8 Å². The molecule has 1 amide bonds. The quantitative estimate of drug-likeness (QED) is 0.165. The Kier molecular flexibility index (Phi) is 10.8. The molecule has 4 heterocycles. The molecule has 0 saturated carbocycles. The van der Waals surface area contributed by atoms with Gasteiger partial charge in [-0.1, -0.05) is 56.3 Å². The van der Waals surface area contributed by atoms with E-state index in [0.717, 1.165) is 70.5 Å². The van der Waals surface area contributed by atoms with E-state index in [4.69, 9.17) is 14.6 Å². The van der Waals surface area contributed by atoms with Crippen LogP contribution >= 0.6 is 0 Å². The highest BCUT2D eigenvalue weighted by molar-refractivity contribution is 6.01. The van der Waals surface area contributed by atoms with Gasteiger partial charge in [0.05, 0.1) is 25.8 Å². The number of hydrazine groups is 1. The maximum absolute atomic E-state index is 14.4. The molecule has 2 N–H and O–H groups in total. The predicted molar refractivity (Wildman–Crippen MR) is 194 cm³/mol. The summed E-state index contributed by atoms with van der Waals surface area (Å²) in [6.07, 6.45) is 3.78. The molecular weight excluding hydrogens is 673 g/mol. The summed E-state index contributed by atoms with van der Waals surface area (Å²) in [5, 5.41) is 12.3. The Morgan fingerprint density at radius 1 is 0.962 bits per heavy atom. The third-order valence-electron chi connectivity index (χ3n) is 11.1. The topological polar surface area (TPSA) is 94.6 Å². The van der Waals surface area contributed by atoms with E-state index in [-0.39, 0.29) is 25.4 Å². The molecule has 4 aliphatic heterocycles. The number of amides is 1. The number of aliphatic carboxylic acids is 1. The van der Waals surface area contributed by atoms with Crippen LogP contribution < -0.4 is 14.9 Å². The van der Waals surface area contributed by atoms with Crippen molar-refractivity contribution in [1.29, 1.82) is 0 Å². The molecule has 3 aromatic carbocycles. The smallest absolute Gasteiger partial charge is 0.303 e. The predicted octanol–water partition coefficient (Wildman–Crippen LogP) is 6.78. The van der Waals surface area contributed by atoms with Gasteiger partial charge in [0.2, 0.25) is 5.79 Å². The van der Waals surface area contributed by atoms with E-state index >= 15 is 0 Å². The minimum Gasteiger partial charge on any atom is -0.496 e. The molecule has 3 aromatic rings. The first-order valence-corrected chi connectivity index (χ1v) is 18.3. The van der Waals surface area contributed by atoms with Crippen LogP contribution in [0.25, 0.3) is 21.9 Å². The summed E-state index contributed by atoms with van der Waals surface area (Å²) in [7, 11) is 1.68. The van der Waals surface area contributed by atoms with Gasteiger partial charge in [-0.2, -0.15) is 0 Å². The number of carboxylic acids is 1. The van der Waals surface area contributed by atoms with Crippen molar-refractivity contribution in [3.8, 4) is 22.6 Å². The van der Waals surface area contributed by atoms with E-state index in [0.29, 0.717) is 44.4 Å². The van der Waals surface area contributed by atoms with Gasteiger partial charge >= 0.3 is 5.97 Å². The van der Waals surface area contributed by atoms with Gasteiger partial charge in [-0.25, -0.2) is 23.6 Å². The van der Waals surface area contributed by atoms with Crippen molar-refractivity contribution < 1.29 is 37.3 Å². The van der Waals surface area contributed by atoms with Gasteiger partial charge in [-0.15, -0.1) is 0 Å². The van der Waals surface area contributed by atoms with E-state index in [1.807, 2.05) is 36.4 Å². The molecule has 1 spiro atoms. The van der Waals surface area contributed by atoms with Gasteiger partial charge in [-0.05, 0) is 91.2 Å². The Hall–Kier alpha value is -3.87. The normalized spacial score (nSPS) is 22.5. The number of alkyl halides is 3. The van der Waals surface area contributed by atoms with Gasteiger partial charge in [0.25, 0.3) is 11.8 Å². The highest BCUT2D eigenvalue weighted by Gasteiger charge is 2.77. The molecule has 4 fully saturated rings. The van der Waals surface area contributed by atoms with E-state index in [1.54, 1.807) is 12.0 Å². The molecule has 9 nitrogen and oxygen atoms in total. The van der Waals surface area contributed by atoms with Crippen LogP contribution in [-0.2, 0) is 16.0 Å². The second kappa shape index (κ2) is 14.9. The zero-order valence-electron chi connectivity index (χ0n) is 30.7. The molecule has 7 rings (SSSR count). The van der Waals surface area contributed by atoms with Crippen LogP contribution in [0.1, 0.15) is 58.4 Å². The molecule has 1 atom stereocenters. The number of β-lactam (4-membered cyclic amide) rings is 1.